The lowest BCUT2D eigenvalue weighted by Gasteiger charge is -2.29. The van der Waals surface area contributed by atoms with Crippen LogP contribution in [0.15, 0.2) is 23.2 Å². The number of likely N-dealkylation sites (tertiary alicyclic amines) is 1. The summed E-state index contributed by atoms with van der Waals surface area (Å²) < 4.78 is 1.33. The van der Waals surface area contributed by atoms with Gasteiger partial charge < -0.3 is 4.90 Å². The second kappa shape index (κ2) is 6.93. The van der Waals surface area contributed by atoms with E-state index in [2.05, 4.69) is 36.9 Å². The molecule has 1 aromatic carbocycles. The van der Waals surface area contributed by atoms with Crippen molar-refractivity contribution in [3.8, 4) is 0 Å². The Morgan fingerprint density at radius 1 is 1.21 bits per heavy atom. The second-order valence-corrected chi connectivity index (χ2v) is 8.44. The average Bonchev–Trinajstić information content (AvgIpc) is 3.05. The first-order valence-electron chi connectivity index (χ1n) is 9.39. The van der Waals surface area contributed by atoms with Crippen LogP contribution in [0.4, 0.5) is 0 Å². The Bertz CT molecular complexity index is 740. The van der Waals surface area contributed by atoms with Gasteiger partial charge in [0.05, 0.1) is 15.2 Å². The first kappa shape index (κ1) is 16.2. The third-order valence-electron chi connectivity index (χ3n) is 5.59. The molecule has 2 aliphatic heterocycles. The summed E-state index contributed by atoms with van der Waals surface area (Å²) in [5.74, 6) is 1.39. The second-order valence-electron chi connectivity index (χ2n) is 7.37. The molecular weight excluding hydrogens is 314 g/mol. The highest BCUT2D eigenvalue weighted by Crippen LogP contribution is 2.34. The molecule has 0 spiro atoms. The topological polar surface area (TPSA) is 28.5 Å². The Morgan fingerprint density at radius 2 is 2.04 bits per heavy atom. The van der Waals surface area contributed by atoms with Crippen molar-refractivity contribution in [2.45, 2.75) is 45.4 Å². The quantitative estimate of drug-likeness (QED) is 0.808. The van der Waals surface area contributed by atoms with Crippen LogP contribution in [0, 0.1) is 5.92 Å². The van der Waals surface area contributed by atoms with Crippen LogP contribution >= 0.6 is 11.3 Å². The predicted molar refractivity (Wildman–Crippen MR) is 104 cm³/mol. The SMILES string of the molecule is CCN1CCC(c2nc3cc(C4=NC[C@@H](C)CC4)ccc3s2)CC1. The number of aliphatic imine (C=N–C) groups is 1. The number of piperidine rings is 1. The van der Waals surface area contributed by atoms with Crippen LogP contribution in [-0.4, -0.2) is 41.8 Å². The highest BCUT2D eigenvalue weighted by Gasteiger charge is 2.23. The zero-order chi connectivity index (χ0) is 16.5. The van der Waals surface area contributed by atoms with Gasteiger partial charge >= 0.3 is 0 Å². The molecule has 0 N–H and O–H groups in total. The van der Waals surface area contributed by atoms with Gasteiger partial charge in [0.25, 0.3) is 0 Å². The number of rotatable bonds is 3. The minimum absolute atomic E-state index is 0.654. The van der Waals surface area contributed by atoms with E-state index in [4.69, 9.17) is 9.98 Å². The normalized spacial score (nSPS) is 23.6. The summed E-state index contributed by atoms with van der Waals surface area (Å²) >= 11 is 1.90. The Balaban J connectivity index is 1.55. The smallest absolute Gasteiger partial charge is 0.0970 e. The van der Waals surface area contributed by atoms with Gasteiger partial charge in [-0.1, -0.05) is 19.9 Å². The van der Waals surface area contributed by atoms with E-state index in [9.17, 15) is 0 Å². The molecule has 0 amide bonds. The van der Waals surface area contributed by atoms with Gasteiger partial charge in [-0.05, 0) is 68.9 Å². The number of aromatic nitrogens is 1. The number of thiazole rings is 1. The summed E-state index contributed by atoms with van der Waals surface area (Å²) in [5.41, 5.74) is 3.74. The summed E-state index contributed by atoms with van der Waals surface area (Å²) in [7, 11) is 0. The van der Waals surface area contributed by atoms with Gasteiger partial charge in [0.15, 0.2) is 0 Å². The van der Waals surface area contributed by atoms with E-state index in [1.165, 1.54) is 65.4 Å². The van der Waals surface area contributed by atoms with Gasteiger partial charge in [-0.15, -0.1) is 11.3 Å². The van der Waals surface area contributed by atoms with E-state index in [1.807, 2.05) is 11.3 Å². The summed E-state index contributed by atoms with van der Waals surface area (Å²) in [4.78, 5) is 12.3. The third-order valence-corrected chi connectivity index (χ3v) is 6.79. The number of hydrogen-bond acceptors (Lipinski definition) is 4. The fraction of sp³-hybridized carbons (Fsp3) is 0.600. The Hall–Kier alpha value is -1.26. The van der Waals surface area contributed by atoms with E-state index in [1.54, 1.807) is 0 Å². The maximum Gasteiger partial charge on any atom is 0.0970 e. The Morgan fingerprint density at radius 3 is 2.75 bits per heavy atom. The largest absolute Gasteiger partial charge is 0.304 e. The molecule has 2 aliphatic rings. The van der Waals surface area contributed by atoms with Gasteiger partial charge in [-0.25, -0.2) is 4.98 Å². The fourth-order valence-corrected chi connectivity index (χ4v) is 4.97. The lowest BCUT2D eigenvalue weighted by Crippen LogP contribution is -2.32. The van der Waals surface area contributed by atoms with E-state index in [0.29, 0.717) is 5.92 Å². The van der Waals surface area contributed by atoms with Crippen molar-refractivity contribution < 1.29 is 0 Å². The molecule has 4 heteroatoms. The predicted octanol–water partition coefficient (Wildman–Crippen LogP) is 4.71. The molecule has 128 valence electrons. The molecule has 1 saturated heterocycles. The molecule has 2 aromatic rings. The van der Waals surface area contributed by atoms with Crippen molar-refractivity contribution in [3.05, 3.63) is 28.8 Å². The van der Waals surface area contributed by atoms with Gasteiger partial charge in [0.1, 0.15) is 0 Å². The minimum atomic E-state index is 0.654. The summed E-state index contributed by atoms with van der Waals surface area (Å²) in [6, 6.07) is 6.78. The third kappa shape index (κ3) is 3.27. The lowest BCUT2D eigenvalue weighted by atomic mass is 9.96. The van der Waals surface area contributed by atoms with E-state index in [-0.39, 0.29) is 0 Å². The zero-order valence-electron chi connectivity index (χ0n) is 14.8. The monoisotopic (exact) mass is 341 g/mol. The highest BCUT2D eigenvalue weighted by atomic mass is 32.1. The van der Waals surface area contributed by atoms with Gasteiger partial charge in [-0.3, -0.25) is 4.99 Å². The van der Waals surface area contributed by atoms with E-state index in [0.717, 1.165) is 18.9 Å². The maximum atomic E-state index is 5.00. The molecule has 1 atom stereocenters. The Kier molecular flexibility index (Phi) is 4.68. The molecule has 3 nitrogen and oxygen atoms in total. The van der Waals surface area contributed by atoms with Crippen LogP contribution in [0.3, 0.4) is 0 Å². The number of hydrogen-bond donors (Lipinski definition) is 0. The van der Waals surface area contributed by atoms with Crippen LogP contribution in [0.1, 0.15) is 56.0 Å². The van der Waals surface area contributed by atoms with Crippen molar-refractivity contribution in [2.24, 2.45) is 10.9 Å². The van der Waals surface area contributed by atoms with Gasteiger partial charge in [-0.2, -0.15) is 0 Å². The van der Waals surface area contributed by atoms with Gasteiger partial charge in [0, 0.05) is 18.2 Å². The first-order chi connectivity index (χ1) is 11.7. The fourth-order valence-electron chi connectivity index (χ4n) is 3.85. The zero-order valence-corrected chi connectivity index (χ0v) is 15.6. The summed E-state index contributed by atoms with van der Waals surface area (Å²) in [5, 5.41) is 1.34. The molecule has 4 rings (SSSR count). The van der Waals surface area contributed by atoms with Crippen LogP contribution in [-0.2, 0) is 0 Å². The maximum absolute atomic E-state index is 5.00. The van der Waals surface area contributed by atoms with Crippen molar-refractivity contribution in [1.82, 2.24) is 9.88 Å². The molecule has 0 saturated carbocycles. The molecule has 0 bridgehead atoms. The first-order valence-corrected chi connectivity index (χ1v) is 10.2. The van der Waals surface area contributed by atoms with Crippen molar-refractivity contribution in [1.29, 1.82) is 0 Å². The van der Waals surface area contributed by atoms with E-state index < -0.39 is 0 Å². The molecule has 0 aliphatic carbocycles. The number of benzene rings is 1. The van der Waals surface area contributed by atoms with Crippen LogP contribution in [0.2, 0.25) is 0 Å². The number of fused-ring (bicyclic) bond motifs is 1. The summed E-state index contributed by atoms with van der Waals surface area (Å²) in [6.07, 6.45) is 4.88. The van der Waals surface area contributed by atoms with Crippen molar-refractivity contribution in [3.63, 3.8) is 0 Å². The molecule has 1 aromatic heterocycles. The molecule has 0 unspecified atom stereocenters. The molecular formula is C20H27N3S. The Labute approximate surface area is 148 Å². The van der Waals surface area contributed by atoms with Crippen LogP contribution in [0.5, 0.6) is 0 Å². The molecule has 0 radical (unpaired) electrons. The van der Waals surface area contributed by atoms with Crippen LogP contribution in [0.25, 0.3) is 10.2 Å². The minimum Gasteiger partial charge on any atom is -0.304 e. The van der Waals surface area contributed by atoms with Crippen molar-refractivity contribution in [2.75, 3.05) is 26.2 Å². The van der Waals surface area contributed by atoms with Crippen LogP contribution < -0.4 is 0 Å². The van der Waals surface area contributed by atoms with Gasteiger partial charge in [0.2, 0.25) is 0 Å². The number of nitrogens with zero attached hydrogens (tertiary/aromatic N) is 3. The van der Waals surface area contributed by atoms with Crippen molar-refractivity contribution >= 4 is 27.3 Å². The molecule has 24 heavy (non-hydrogen) atoms. The standard InChI is InChI=1S/C20H27N3S/c1-3-23-10-8-15(9-11-23)20-22-18-12-16(5-7-19(18)24-20)17-6-4-14(2)13-21-17/h5,7,12,14-15H,3-4,6,8-11,13H2,1-2H3/t14-/m0/s1. The molecule has 3 heterocycles. The molecule has 1 fully saturated rings. The average molecular weight is 342 g/mol. The van der Waals surface area contributed by atoms with E-state index >= 15 is 0 Å². The summed E-state index contributed by atoms with van der Waals surface area (Å²) in [6.45, 7) is 9.14. The highest BCUT2D eigenvalue weighted by molar-refractivity contribution is 7.18. The lowest BCUT2D eigenvalue weighted by molar-refractivity contribution is 0.222.